The van der Waals surface area contributed by atoms with Crippen LogP contribution < -0.4 is 5.32 Å². The lowest BCUT2D eigenvalue weighted by Crippen LogP contribution is -2.27. The van der Waals surface area contributed by atoms with Crippen molar-refractivity contribution in [2.45, 2.75) is 25.8 Å². The van der Waals surface area contributed by atoms with Gasteiger partial charge in [0, 0.05) is 11.4 Å². The van der Waals surface area contributed by atoms with Crippen molar-refractivity contribution in [3.05, 3.63) is 63.5 Å². The van der Waals surface area contributed by atoms with Crippen LogP contribution in [0.2, 0.25) is 0 Å². The molecule has 5 heteroatoms. The van der Waals surface area contributed by atoms with Crippen LogP contribution in [0.3, 0.4) is 0 Å². The zero-order valence-corrected chi connectivity index (χ0v) is 14.2. The summed E-state index contributed by atoms with van der Waals surface area (Å²) >= 11 is 3.59. The Morgan fingerprint density at radius 3 is 3.00 bits per heavy atom. The number of nitrogens with zero attached hydrogens (tertiary/aromatic N) is 1. The first-order chi connectivity index (χ1) is 11.1. The maximum Gasteiger partial charge on any atom is 0.254 e. The van der Waals surface area contributed by atoms with E-state index in [1.165, 1.54) is 11.1 Å². The van der Waals surface area contributed by atoms with E-state index in [0.29, 0.717) is 22.6 Å². The number of carbonyl (C=O) groups is 1. The molecule has 4 nitrogen and oxygen atoms in total. The fourth-order valence-corrected chi connectivity index (χ4v) is 3.82. The highest BCUT2D eigenvalue weighted by Gasteiger charge is 2.26. The Hall–Kier alpha value is -2.14. The van der Waals surface area contributed by atoms with Crippen molar-refractivity contribution in [3.63, 3.8) is 0 Å². The summed E-state index contributed by atoms with van der Waals surface area (Å²) in [6.45, 7) is 1.78. The average molecular weight is 371 g/mol. The van der Waals surface area contributed by atoms with Crippen LogP contribution in [0.15, 0.2) is 45.3 Å². The predicted molar refractivity (Wildman–Crippen MR) is 91.4 cm³/mol. The number of hydrogen-bond acceptors (Lipinski definition) is 3. The number of aryl methyl sites for hydroxylation is 1. The van der Waals surface area contributed by atoms with Gasteiger partial charge in [0.1, 0.15) is 5.52 Å². The van der Waals surface area contributed by atoms with E-state index in [1.54, 1.807) is 13.0 Å². The van der Waals surface area contributed by atoms with Crippen LogP contribution in [-0.2, 0) is 6.42 Å². The van der Waals surface area contributed by atoms with Gasteiger partial charge in [0.15, 0.2) is 11.5 Å². The molecule has 1 amide bonds. The highest BCUT2D eigenvalue weighted by atomic mass is 79.9. The van der Waals surface area contributed by atoms with Crippen LogP contribution in [0.4, 0.5) is 0 Å². The van der Waals surface area contributed by atoms with Gasteiger partial charge < -0.3 is 9.73 Å². The Balaban J connectivity index is 1.65. The Bertz CT molecular complexity index is 917. The first kappa shape index (κ1) is 14.5. The molecule has 3 aromatic rings. The number of aromatic nitrogens is 1. The number of halogens is 1. The van der Waals surface area contributed by atoms with Crippen LogP contribution in [0, 0.1) is 6.92 Å². The number of fused-ring (bicyclic) bond motifs is 2. The molecule has 1 unspecified atom stereocenters. The second-order valence-corrected chi connectivity index (χ2v) is 6.61. The molecular formula is C18H15BrN2O2. The summed E-state index contributed by atoms with van der Waals surface area (Å²) in [6, 6.07) is 11.6. The Labute approximate surface area is 142 Å². The number of benzene rings is 2. The third-order valence-electron chi connectivity index (χ3n) is 4.29. The third kappa shape index (κ3) is 2.45. The number of hydrogen-bond donors (Lipinski definition) is 1. The van der Waals surface area contributed by atoms with Crippen molar-refractivity contribution in [1.82, 2.24) is 10.3 Å². The van der Waals surface area contributed by atoms with Gasteiger partial charge in [-0.3, -0.25) is 4.79 Å². The standard InChI is InChI=1S/C18H15BrN2O2/c1-10-20-17-13(5-3-7-16(17)23-10)18(22)21-15-9-8-11-12(15)4-2-6-14(11)19/h2-7,15H,8-9H2,1H3,(H,21,22). The topological polar surface area (TPSA) is 55.1 Å². The number of oxazole rings is 1. The third-order valence-corrected chi connectivity index (χ3v) is 5.03. The van der Waals surface area contributed by atoms with Gasteiger partial charge in [-0.1, -0.05) is 34.1 Å². The molecule has 1 aliphatic carbocycles. The number of carbonyl (C=O) groups excluding carboxylic acids is 1. The van der Waals surface area contributed by atoms with Gasteiger partial charge >= 0.3 is 0 Å². The fraction of sp³-hybridized carbons (Fsp3) is 0.222. The number of amides is 1. The van der Waals surface area contributed by atoms with Crippen molar-refractivity contribution >= 4 is 32.9 Å². The highest BCUT2D eigenvalue weighted by Crippen LogP contribution is 2.35. The minimum atomic E-state index is -0.110. The minimum absolute atomic E-state index is 0.0401. The Morgan fingerprint density at radius 2 is 2.13 bits per heavy atom. The van der Waals surface area contributed by atoms with Gasteiger partial charge in [-0.05, 0) is 42.2 Å². The maximum absolute atomic E-state index is 12.7. The molecule has 0 bridgehead atoms. The van der Waals surface area contributed by atoms with Crippen LogP contribution in [0.25, 0.3) is 11.1 Å². The molecule has 1 aromatic heterocycles. The first-order valence-corrected chi connectivity index (χ1v) is 8.37. The van der Waals surface area contributed by atoms with Crippen LogP contribution in [0.1, 0.15) is 39.8 Å². The van der Waals surface area contributed by atoms with Gasteiger partial charge in [-0.2, -0.15) is 0 Å². The van der Waals surface area contributed by atoms with Gasteiger partial charge in [-0.25, -0.2) is 4.98 Å². The second kappa shape index (κ2) is 5.49. The number of rotatable bonds is 2. The van der Waals surface area contributed by atoms with Gasteiger partial charge in [0.25, 0.3) is 5.91 Å². The van der Waals surface area contributed by atoms with E-state index in [1.807, 2.05) is 24.3 Å². The molecule has 0 spiro atoms. The zero-order valence-electron chi connectivity index (χ0n) is 12.6. The molecule has 0 saturated carbocycles. The molecular weight excluding hydrogens is 356 g/mol. The van der Waals surface area contributed by atoms with Gasteiger partial charge in [0.2, 0.25) is 0 Å². The molecule has 116 valence electrons. The summed E-state index contributed by atoms with van der Waals surface area (Å²) < 4.78 is 6.62. The molecule has 0 saturated heterocycles. The average Bonchev–Trinajstić information content (AvgIpc) is 3.10. The van der Waals surface area contributed by atoms with Gasteiger partial charge in [-0.15, -0.1) is 0 Å². The summed E-state index contributed by atoms with van der Waals surface area (Å²) in [4.78, 5) is 17.0. The molecule has 1 heterocycles. The molecule has 1 atom stereocenters. The summed E-state index contributed by atoms with van der Waals surface area (Å²) in [5.74, 6) is 0.456. The van der Waals surface area contributed by atoms with E-state index in [0.717, 1.165) is 17.3 Å². The molecule has 1 aliphatic rings. The summed E-state index contributed by atoms with van der Waals surface area (Å²) in [6.07, 6.45) is 1.88. The lowest BCUT2D eigenvalue weighted by molar-refractivity contribution is 0.0938. The molecule has 0 radical (unpaired) electrons. The summed E-state index contributed by atoms with van der Waals surface area (Å²) in [5.41, 5.74) is 4.30. The van der Waals surface area contributed by atoms with E-state index in [4.69, 9.17) is 4.42 Å². The fourth-order valence-electron chi connectivity index (χ4n) is 3.24. The highest BCUT2D eigenvalue weighted by molar-refractivity contribution is 9.10. The SMILES string of the molecule is Cc1nc2c(C(=O)NC3CCc4c(Br)cccc43)cccc2o1. The zero-order chi connectivity index (χ0) is 16.0. The van der Waals surface area contributed by atoms with Crippen molar-refractivity contribution in [2.75, 3.05) is 0 Å². The monoisotopic (exact) mass is 370 g/mol. The molecule has 0 aliphatic heterocycles. The van der Waals surface area contributed by atoms with Gasteiger partial charge in [0.05, 0.1) is 11.6 Å². The van der Waals surface area contributed by atoms with E-state index in [-0.39, 0.29) is 11.9 Å². The molecule has 0 fully saturated rings. The molecule has 4 rings (SSSR count). The maximum atomic E-state index is 12.7. The van der Waals surface area contributed by atoms with Crippen LogP contribution >= 0.6 is 15.9 Å². The summed E-state index contributed by atoms with van der Waals surface area (Å²) in [5, 5.41) is 3.14. The smallest absolute Gasteiger partial charge is 0.254 e. The molecule has 1 N–H and O–H groups in total. The van der Waals surface area contributed by atoms with Crippen molar-refractivity contribution in [1.29, 1.82) is 0 Å². The minimum Gasteiger partial charge on any atom is -0.441 e. The second-order valence-electron chi connectivity index (χ2n) is 5.76. The molecule has 2 aromatic carbocycles. The van der Waals surface area contributed by atoms with Crippen LogP contribution in [-0.4, -0.2) is 10.9 Å². The normalized spacial score (nSPS) is 16.5. The predicted octanol–water partition coefficient (Wildman–Crippen LogP) is 4.32. The first-order valence-electron chi connectivity index (χ1n) is 7.58. The quantitative estimate of drug-likeness (QED) is 0.730. The summed E-state index contributed by atoms with van der Waals surface area (Å²) in [7, 11) is 0. The van der Waals surface area contributed by atoms with E-state index < -0.39 is 0 Å². The lowest BCUT2D eigenvalue weighted by Gasteiger charge is -2.14. The number of nitrogens with one attached hydrogen (secondary N) is 1. The number of para-hydroxylation sites is 1. The Morgan fingerprint density at radius 1 is 1.30 bits per heavy atom. The van der Waals surface area contributed by atoms with Crippen LogP contribution in [0.5, 0.6) is 0 Å². The van der Waals surface area contributed by atoms with Crippen molar-refractivity contribution < 1.29 is 9.21 Å². The van der Waals surface area contributed by atoms with E-state index in [2.05, 4.69) is 32.3 Å². The molecule has 23 heavy (non-hydrogen) atoms. The van der Waals surface area contributed by atoms with E-state index >= 15 is 0 Å². The van der Waals surface area contributed by atoms with Crippen molar-refractivity contribution in [2.24, 2.45) is 0 Å². The Kier molecular flexibility index (Phi) is 3.45. The van der Waals surface area contributed by atoms with Crippen molar-refractivity contribution in [3.8, 4) is 0 Å². The lowest BCUT2D eigenvalue weighted by atomic mass is 10.1. The largest absolute Gasteiger partial charge is 0.441 e. The van der Waals surface area contributed by atoms with E-state index in [9.17, 15) is 4.79 Å².